The predicted molar refractivity (Wildman–Crippen MR) is 172 cm³/mol. The van der Waals surface area contributed by atoms with Crippen LogP contribution in [0.1, 0.15) is 100 Å². The van der Waals surface area contributed by atoms with E-state index in [4.69, 9.17) is 8.85 Å². The van der Waals surface area contributed by atoms with Gasteiger partial charge in [0, 0.05) is 12.3 Å². The van der Waals surface area contributed by atoms with Crippen LogP contribution in [0, 0.1) is 23.2 Å². The van der Waals surface area contributed by atoms with Crippen molar-refractivity contribution in [1.82, 2.24) is 0 Å². The summed E-state index contributed by atoms with van der Waals surface area (Å²) in [7, 11) is -3.89. The van der Waals surface area contributed by atoms with Crippen LogP contribution < -0.4 is 0 Å². The molecule has 3 rings (SSSR count). The number of hydrogen-bond donors (Lipinski definition) is 0. The van der Waals surface area contributed by atoms with Crippen molar-refractivity contribution in [2.75, 3.05) is 0 Å². The highest BCUT2D eigenvalue weighted by molar-refractivity contribution is 6.74. The Morgan fingerprint density at radius 3 is 2.13 bits per heavy atom. The second-order valence-corrected chi connectivity index (χ2v) is 25.9. The number of fused-ring (bicyclic) bond motifs is 1. The summed E-state index contributed by atoms with van der Waals surface area (Å²) in [6.07, 6.45) is 14.0. The Morgan fingerprint density at radius 1 is 0.974 bits per heavy atom. The number of rotatable bonds is 7. The van der Waals surface area contributed by atoms with E-state index in [0.717, 1.165) is 18.4 Å². The average molecular weight is 573 g/mol. The van der Waals surface area contributed by atoms with Crippen molar-refractivity contribution in [2.24, 2.45) is 23.2 Å². The third kappa shape index (κ3) is 6.84. The summed E-state index contributed by atoms with van der Waals surface area (Å²) in [6, 6.07) is 0. The predicted octanol–water partition coefficient (Wildman–Crippen LogP) is 10.0. The van der Waals surface area contributed by atoms with E-state index >= 15 is 0 Å². The molecule has 0 aromatic heterocycles. The molecule has 0 bridgehead atoms. The smallest absolute Gasteiger partial charge is 0.192 e. The third-order valence-corrected chi connectivity index (χ3v) is 20.6. The highest BCUT2D eigenvalue weighted by Crippen LogP contribution is 2.59. The van der Waals surface area contributed by atoms with E-state index in [1.54, 1.807) is 5.57 Å². The Morgan fingerprint density at radius 2 is 1.56 bits per heavy atom. The first kappa shape index (κ1) is 32.8. The Kier molecular flexibility index (Phi) is 9.65. The molecule has 3 aliphatic carbocycles. The molecular weight excluding hydrogens is 513 g/mol. The molecule has 3 nitrogen and oxygen atoms in total. The maximum atomic E-state index is 11.7. The van der Waals surface area contributed by atoms with E-state index < -0.39 is 16.6 Å². The van der Waals surface area contributed by atoms with Gasteiger partial charge in [0.15, 0.2) is 16.6 Å². The van der Waals surface area contributed by atoms with Crippen molar-refractivity contribution in [2.45, 2.75) is 149 Å². The molecule has 39 heavy (non-hydrogen) atoms. The average Bonchev–Trinajstić information content (AvgIpc) is 3.15. The van der Waals surface area contributed by atoms with E-state index in [1.165, 1.54) is 44.0 Å². The number of carbonyl (C=O) groups excluding carboxylic acids is 1. The van der Waals surface area contributed by atoms with Crippen LogP contribution in [0.25, 0.3) is 0 Å². The summed E-state index contributed by atoms with van der Waals surface area (Å²) < 4.78 is 14.0. The van der Waals surface area contributed by atoms with Crippen LogP contribution in [0.3, 0.4) is 0 Å². The second-order valence-electron chi connectivity index (χ2n) is 16.4. The summed E-state index contributed by atoms with van der Waals surface area (Å²) in [5.41, 5.74) is 4.29. The van der Waals surface area contributed by atoms with Gasteiger partial charge in [-0.1, -0.05) is 79.7 Å². The lowest BCUT2D eigenvalue weighted by Crippen LogP contribution is -2.49. The van der Waals surface area contributed by atoms with E-state index in [-0.39, 0.29) is 33.6 Å². The molecule has 0 aromatic carbocycles. The van der Waals surface area contributed by atoms with E-state index in [9.17, 15) is 4.79 Å². The van der Waals surface area contributed by atoms with Crippen molar-refractivity contribution in [3.8, 4) is 0 Å². The van der Waals surface area contributed by atoms with E-state index in [1.807, 2.05) is 0 Å². The van der Waals surface area contributed by atoms with Crippen LogP contribution in [0.5, 0.6) is 0 Å². The lowest BCUT2D eigenvalue weighted by molar-refractivity contribution is -0.113. The molecule has 0 spiro atoms. The number of aldehydes is 1. The maximum absolute atomic E-state index is 11.7. The fraction of sp³-hybridized carbons (Fsp3) is 0.794. The standard InChI is InChI=1S/C34H60O3Si2/c1-24(23-35)29-18-19-30-26(15-14-20-34(29,30)9)16-17-27-21-28(36-38(10,11)32(3,4)5)22-31(25(27)2)37-39(12,13)33(6,7)8/h16-17,23-24,28-31H,2,14-15,18-22H2,1,3-13H3/b26-16+,27-17-/t24-,28?,29?,30?,31?,34-/m1/s1. The fourth-order valence-electron chi connectivity index (χ4n) is 7.00. The molecule has 0 saturated heterocycles. The van der Waals surface area contributed by atoms with Gasteiger partial charge in [-0.25, -0.2) is 0 Å². The molecule has 0 amide bonds. The number of carbonyl (C=O) groups is 1. The minimum atomic E-state index is -1.97. The molecule has 0 N–H and O–H groups in total. The van der Waals surface area contributed by atoms with Gasteiger partial charge in [-0.05, 0) is 103 Å². The number of hydrogen-bond acceptors (Lipinski definition) is 3. The Balaban J connectivity index is 1.93. The molecule has 0 heterocycles. The van der Waals surface area contributed by atoms with Crippen LogP contribution in [0.2, 0.25) is 36.3 Å². The summed E-state index contributed by atoms with van der Waals surface area (Å²) in [4.78, 5) is 11.7. The Labute approximate surface area is 243 Å². The zero-order chi connectivity index (χ0) is 29.6. The van der Waals surface area contributed by atoms with Crippen molar-refractivity contribution in [3.05, 3.63) is 35.5 Å². The van der Waals surface area contributed by atoms with E-state index in [0.29, 0.717) is 11.8 Å². The summed E-state index contributed by atoms with van der Waals surface area (Å²) >= 11 is 0. The van der Waals surface area contributed by atoms with Crippen LogP contribution in [0.15, 0.2) is 35.5 Å². The molecule has 222 valence electrons. The zero-order valence-corrected chi connectivity index (χ0v) is 29.5. The molecule has 0 aliphatic heterocycles. The molecular formula is C34H60O3Si2. The van der Waals surface area contributed by atoms with Gasteiger partial charge in [-0.3, -0.25) is 0 Å². The molecule has 3 fully saturated rings. The van der Waals surface area contributed by atoms with Crippen molar-refractivity contribution in [1.29, 1.82) is 0 Å². The van der Waals surface area contributed by atoms with Gasteiger partial charge < -0.3 is 13.6 Å². The fourth-order valence-corrected chi connectivity index (χ4v) is 9.67. The minimum Gasteiger partial charge on any atom is -0.413 e. The molecule has 6 atom stereocenters. The van der Waals surface area contributed by atoms with Gasteiger partial charge >= 0.3 is 0 Å². The first-order valence-corrected chi connectivity index (χ1v) is 21.4. The van der Waals surface area contributed by atoms with Crippen LogP contribution >= 0.6 is 0 Å². The first-order valence-electron chi connectivity index (χ1n) is 15.6. The summed E-state index contributed by atoms with van der Waals surface area (Å²) in [5, 5.41) is 0.323. The van der Waals surface area contributed by atoms with Gasteiger partial charge in [0.25, 0.3) is 0 Å². The Bertz CT molecular complexity index is 977. The molecule has 4 unspecified atom stereocenters. The Hall–Kier alpha value is -0.756. The monoisotopic (exact) mass is 572 g/mol. The molecule has 3 saturated carbocycles. The van der Waals surface area contributed by atoms with Crippen molar-refractivity contribution < 1.29 is 13.6 Å². The highest BCUT2D eigenvalue weighted by Gasteiger charge is 2.51. The van der Waals surface area contributed by atoms with Gasteiger partial charge in [0.1, 0.15) is 6.29 Å². The summed E-state index contributed by atoms with van der Waals surface area (Å²) in [6.45, 7) is 32.6. The molecule has 5 heteroatoms. The lowest BCUT2D eigenvalue weighted by atomic mass is 9.61. The normalized spacial score (nSPS) is 33.9. The van der Waals surface area contributed by atoms with Gasteiger partial charge in [0.05, 0.1) is 12.2 Å². The van der Waals surface area contributed by atoms with Crippen LogP contribution in [-0.2, 0) is 13.6 Å². The maximum Gasteiger partial charge on any atom is 0.192 e. The van der Waals surface area contributed by atoms with E-state index in [2.05, 4.69) is 100 Å². The van der Waals surface area contributed by atoms with Gasteiger partial charge in [0.2, 0.25) is 0 Å². The molecule has 0 radical (unpaired) electrons. The largest absolute Gasteiger partial charge is 0.413 e. The van der Waals surface area contributed by atoms with Crippen molar-refractivity contribution in [3.63, 3.8) is 0 Å². The van der Waals surface area contributed by atoms with Gasteiger partial charge in [-0.2, -0.15) is 0 Å². The highest BCUT2D eigenvalue weighted by atomic mass is 28.4. The topological polar surface area (TPSA) is 35.5 Å². The van der Waals surface area contributed by atoms with Crippen LogP contribution in [-0.4, -0.2) is 35.1 Å². The quantitative estimate of drug-likeness (QED) is 0.225. The zero-order valence-electron chi connectivity index (χ0n) is 27.5. The summed E-state index contributed by atoms with van der Waals surface area (Å²) in [5.74, 6) is 1.24. The van der Waals surface area contributed by atoms with Gasteiger partial charge in [-0.15, -0.1) is 0 Å². The lowest BCUT2D eigenvalue weighted by Gasteiger charge is -2.45. The minimum absolute atomic E-state index is 0.0139. The van der Waals surface area contributed by atoms with Crippen LogP contribution in [0.4, 0.5) is 0 Å². The molecule has 3 aliphatic rings. The number of allylic oxidation sites excluding steroid dienone is 3. The third-order valence-electron chi connectivity index (χ3n) is 11.6. The SMILES string of the molecule is C=C1/C(=C\C=C2/CCC[C@@]3(C)C2CCC3[C@H](C)C=O)CC(O[Si](C)(C)C(C)(C)C)CC1O[Si](C)(C)C(C)(C)C. The van der Waals surface area contributed by atoms with Crippen molar-refractivity contribution >= 4 is 22.9 Å². The molecule has 0 aromatic rings. The second kappa shape index (κ2) is 11.5. The first-order chi connectivity index (χ1) is 17.7.